The van der Waals surface area contributed by atoms with Gasteiger partial charge in [0.25, 0.3) is 0 Å². The highest BCUT2D eigenvalue weighted by atomic mass is 16.5. The molecule has 0 heterocycles. The quantitative estimate of drug-likeness (QED) is 0.764. The third-order valence-corrected chi connectivity index (χ3v) is 2.28. The predicted octanol–water partition coefficient (Wildman–Crippen LogP) is 2.81. The zero-order chi connectivity index (χ0) is 13.6. The maximum Gasteiger partial charge on any atom is 0.404 e. The van der Waals surface area contributed by atoms with E-state index in [-0.39, 0.29) is 6.61 Å². The normalized spacial score (nSPS) is 9.22. The molecule has 0 aliphatic rings. The summed E-state index contributed by atoms with van der Waals surface area (Å²) < 4.78 is 4.57. The first kappa shape index (κ1) is 16.4. The molecule has 0 aliphatic heterocycles. The third kappa shape index (κ3) is 11.0. The molecule has 0 aliphatic carbocycles. The summed E-state index contributed by atoms with van der Waals surface area (Å²) in [5.74, 6) is 0. The van der Waals surface area contributed by atoms with Crippen LogP contribution < -0.4 is 11.5 Å². The first-order chi connectivity index (χ1) is 8.70. The topological polar surface area (TPSA) is 78.3 Å². The Bertz CT molecular complexity index is 298. The average molecular weight is 252 g/mol. The molecule has 0 saturated carbocycles. The molecule has 1 rings (SSSR count). The average Bonchev–Trinajstić information content (AvgIpc) is 2.39. The molecule has 4 N–H and O–H groups in total. The van der Waals surface area contributed by atoms with Gasteiger partial charge in [0, 0.05) is 0 Å². The van der Waals surface area contributed by atoms with E-state index in [2.05, 4.69) is 11.7 Å². The van der Waals surface area contributed by atoms with Crippen molar-refractivity contribution < 1.29 is 9.53 Å². The van der Waals surface area contributed by atoms with E-state index in [1.165, 1.54) is 25.7 Å². The van der Waals surface area contributed by atoms with Crippen LogP contribution in [0.3, 0.4) is 0 Å². The number of ether oxygens (including phenoxy) is 1. The van der Waals surface area contributed by atoms with Crippen LogP contribution in [0.4, 0.5) is 4.79 Å². The molecule has 0 fully saturated rings. The van der Waals surface area contributed by atoms with Gasteiger partial charge in [0.2, 0.25) is 0 Å². The summed E-state index contributed by atoms with van der Waals surface area (Å²) in [5, 5.41) is 0. The molecular formula is C14H24N2O2. The van der Waals surface area contributed by atoms with Crippen LogP contribution in [0.2, 0.25) is 0 Å². The zero-order valence-corrected chi connectivity index (χ0v) is 11.1. The third-order valence-electron chi connectivity index (χ3n) is 2.28. The second-order valence-corrected chi connectivity index (χ2v) is 3.94. The maximum absolute atomic E-state index is 10.2. The fraction of sp³-hybridized carbons (Fsp3) is 0.500. The summed E-state index contributed by atoms with van der Waals surface area (Å²) in [5.41, 5.74) is 11.0. The van der Waals surface area contributed by atoms with Crippen molar-refractivity contribution in [3.05, 3.63) is 35.9 Å². The van der Waals surface area contributed by atoms with E-state index in [1.54, 1.807) is 0 Å². The Morgan fingerprint density at radius 1 is 1.17 bits per heavy atom. The van der Waals surface area contributed by atoms with Crippen molar-refractivity contribution in [1.82, 2.24) is 0 Å². The van der Waals surface area contributed by atoms with Gasteiger partial charge in [-0.3, -0.25) is 0 Å². The fourth-order valence-electron chi connectivity index (χ4n) is 1.30. The number of hydrogen-bond acceptors (Lipinski definition) is 3. The van der Waals surface area contributed by atoms with Gasteiger partial charge in [0.05, 0.1) is 0 Å². The van der Waals surface area contributed by atoms with E-state index in [9.17, 15) is 4.79 Å². The number of amides is 1. The highest BCUT2D eigenvalue weighted by Gasteiger charge is 1.93. The summed E-state index contributed by atoms with van der Waals surface area (Å²) in [6.45, 7) is 3.31. The molecule has 0 saturated heterocycles. The molecule has 1 aromatic rings. The minimum atomic E-state index is -0.742. The van der Waals surface area contributed by atoms with Crippen molar-refractivity contribution in [3.8, 4) is 0 Å². The second kappa shape index (κ2) is 11.9. The number of primary amides is 1. The molecule has 0 spiro atoms. The minimum Gasteiger partial charge on any atom is -0.445 e. The Balaban J connectivity index is 0.000000360. The zero-order valence-electron chi connectivity index (χ0n) is 11.1. The second-order valence-electron chi connectivity index (χ2n) is 3.94. The largest absolute Gasteiger partial charge is 0.445 e. The van der Waals surface area contributed by atoms with Gasteiger partial charge in [-0.2, -0.15) is 0 Å². The molecule has 0 aromatic heterocycles. The lowest BCUT2D eigenvalue weighted by Crippen LogP contribution is -2.12. The molecule has 4 nitrogen and oxygen atoms in total. The summed E-state index contributed by atoms with van der Waals surface area (Å²) >= 11 is 0. The molecule has 18 heavy (non-hydrogen) atoms. The monoisotopic (exact) mass is 252 g/mol. The first-order valence-corrected chi connectivity index (χ1v) is 6.37. The standard InChI is InChI=1S/C8H9NO2.C6H15N/c9-8(10)11-6-7-4-2-1-3-5-7;1-2-3-4-5-6-7/h1-5H,6H2,(H2,9,10);2-7H2,1H3. The van der Waals surface area contributed by atoms with Crippen molar-refractivity contribution in [2.45, 2.75) is 39.2 Å². The number of carbonyl (C=O) groups excluding carboxylic acids is 1. The van der Waals surface area contributed by atoms with E-state index < -0.39 is 6.09 Å². The van der Waals surface area contributed by atoms with E-state index >= 15 is 0 Å². The molecule has 0 unspecified atom stereocenters. The number of rotatable bonds is 6. The summed E-state index contributed by atoms with van der Waals surface area (Å²) in [7, 11) is 0. The smallest absolute Gasteiger partial charge is 0.404 e. The summed E-state index contributed by atoms with van der Waals surface area (Å²) in [6.07, 6.45) is 4.42. The molecule has 0 bridgehead atoms. The Morgan fingerprint density at radius 2 is 1.83 bits per heavy atom. The van der Waals surface area contributed by atoms with E-state index in [4.69, 9.17) is 11.5 Å². The lowest BCUT2D eigenvalue weighted by molar-refractivity contribution is 0.150. The summed E-state index contributed by atoms with van der Waals surface area (Å²) in [4.78, 5) is 10.2. The molecule has 0 radical (unpaired) electrons. The van der Waals surface area contributed by atoms with Gasteiger partial charge in [-0.1, -0.05) is 56.5 Å². The lowest BCUT2D eigenvalue weighted by atomic mass is 10.2. The SMILES string of the molecule is CCCCCCN.NC(=O)OCc1ccccc1. The lowest BCUT2D eigenvalue weighted by Gasteiger charge is -1.99. The van der Waals surface area contributed by atoms with Crippen LogP contribution in [0.1, 0.15) is 38.2 Å². The Kier molecular flexibility index (Phi) is 10.9. The molecular weight excluding hydrogens is 228 g/mol. The van der Waals surface area contributed by atoms with E-state index in [0.29, 0.717) is 0 Å². The molecule has 1 aromatic carbocycles. The number of nitrogens with two attached hydrogens (primary N) is 2. The van der Waals surface area contributed by atoms with Crippen molar-refractivity contribution >= 4 is 6.09 Å². The fourth-order valence-corrected chi connectivity index (χ4v) is 1.30. The van der Waals surface area contributed by atoms with Gasteiger partial charge >= 0.3 is 6.09 Å². The van der Waals surface area contributed by atoms with Crippen LogP contribution in [0.5, 0.6) is 0 Å². The van der Waals surface area contributed by atoms with Gasteiger partial charge in [0.15, 0.2) is 0 Å². The van der Waals surface area contributed by atoms with Crippen molar-refractivity contribution in [1.29, 1.82) is 0 Å². The van der Waals surface area contributed by atoms with Crippen molar-refractivity contribution in [2.24, 2.45) is 11.5 Å². The van der Waals surface area contributed by atoms with Crippen molar-refractivity contribution in [2.75, 3.05) is 6.54 Å². The Morgan fingerprint density at radius 3 is 2.33 bits per heavy atom. The van der Waals surface area contributed by atoms with Gasteiger partial charge in [0.1, 0.15) is 6.61 Å². The Labute approximate surface area is 109 Å². The van der Waals surface area contributed by atoms with Crippen LogP contribution in [-0.2, 0) is 11.3 Å². The highest BCUT2D eigenvalue weighted by molar-refractivity contribution is 5.64. The van der Waals surface area contributed by atoms with Crippen LogP contribution >= 0.6 is 0 Å². The van der Waals surface area contributed by atoms with Gasteiger partial charge < -0.3 is 16.2 Å². The van der Waals surface area contributed by atoms with Crippen LogP contribution in [0, 0.1) is 0 Å². The number of carbonyl (C=O) groups is 1. The van der Waals surface area contributed by atoms with Crippen molar-refractivity contribution in [3.63, 3.8) is 0 Å². The number of hydrogen-bond donors (Lipinski definition) is 2. The van der Waals surface area contributed by atoms with E-state index in [1.807, 2.05) is 30.3 Å². The number of benzene rings is 1. The molecule has 0 atom stereocenters. The van der Waals surface area contributed by atoms with Crippen LogP contribution in [0.15, 0.2) is 30.3 Å². The van der Waals surface area contributed by atoms with Gasteiger partial charge in [-0.25, -0.2) is 4.79 Å². The summed E-state index contributed by atoms with van der Waals surface area (Å²) in [6, 6.07) is 9.37. The minimum absolute atomic E-state index is 0.246. The van der Waals surface area contributed by atoms with Gasteiger partial charge in [-0.05, 0) is 18.5 Å². The number of unbranched alkanes of at least 4 members (excludes halogenated alkanes) is 3. The molecule has 4 heteroatoms. The Hall–Kier alpha value is -1.55. The van der Waals surface area contributed by atoms with Gasteiger partial charge in [-0.15, -0.1) is 0 Å². The van der Waals surface area contributed by atoms with E-state index in [0.717, 1.165) is 12.1 Å². The predicted molar refractivity (Wildman–Crippen MR) is 74.0 cm³/mol. The molecule has 102 valence electrons. The highest BCUT2D eigenvalue weighted by Crippen LogP contribution is 1.99. The maximum atomic E-state index is 10.2. The van der Waals surface area contributed by atoms with Crippen LogP contribution in [0.25, 0.3) is 0 Å². The van der Waals surface area contributed by atoms with Crippen LogP contribution in [-0.4, -0.2) is 12.6 Å². The first-order valence-electron chi connectivity index (χ1n) is 6.37. The molecule has 1 amide bonds.